The lowest BCUT2D eigenvalue weighted by Crippen LogP contribution is -2.44. The molecule has 27 heavy (non-hydrogen) atoms. The highest BCUT2D eigenvalue weighted by molar-refractivity contribution is 7.93. The summed E-state index contributed by atoms with van der Waals surface area (Å²) in [4.78, 5) is 34.9. The summed E-state index contributed by atoms with van der Waals surface area (Å²) >= 11 is 0. The van der Waals surface area contributed by atoms with Gasteiger partial charge < -0.3 is 15.2 Å². The van der Waals surface area contributed by atoms with E-state index in [1.165, 1.54) is 40.1 Å². The van der Waals surface area contributed by atoms with Crippen LogP contribution >= 0.6 is 0 Å². The van der Waals surface area contributed by atoms with Crippen LogP contribution in [0.2, 0.25) is 0 Å². The summed E-state index contributed by atoms with van der Waals surface area (Å²) in [5, 5.41) is 11.6. The maximum Gasteiger partial charge on any atom is 0.338 e. The molecule has 12 heteroatoms. The molecule has 0 radical (unpaired) electrons. The van der Waals surface area contributed by atoms with Crippen LogP contribution in [-0.4, -0.2) is 54.6 Å². The van der Waals surface area contributed by atoms with Crippen molar-refractivity contribution in [1.29, 1.82) is 0 Å². The van der Waals surface area contributed by atoms with Crippen molar-refractivity contribution < 1.29 is 27.9 Å². The zero-order valence-corrected chi connectivity index (χ0v) is 15.7. The molecule has 11 nitrogen and oxygen atoms in total. The lowest BCUT2D eigenvalue weighted by molar-refractivity contribution is 0.0692. The fraction of sp³-hybridized carbons (Fsp3) is 0.267. The molecule has 1 aromatic heterocycles. The molecule has 0 bridgehead atoms. The molecule has 0 fully saturated rings. The van der Waals surface area contributed by atoms with E-state index < -0.39 is 38.4 Å². The number of amides is 2. The van der Waals surface area contributed by atoms with E-state index in [2.05, 4.69) is 20.3 Å². The van der Waals surface area contributed by atoms with E-state index in [4.69, 9.17) is 4.74 Å². The normalized spacial score (nSPS) is 11.0. The van der Waals surface area contributed by atoms with Crippen molar-refractivity contribution in [3.8, 4) is 6.01 Å². The molecular weight excluding hydrogens is 378 g/mol. The highest BCUT2D eigenvalue weighted by Gasteiger charge is 2.37. The number of sulfonamides is 1. The Morgan fingerprint density at radius 2 is 1.85 bits per heavy atom. The Morgan fingerprint density at radius 1 is 1.19 bits per heavy atom. The predicted molar refractivity (Wildman–Crippen MR) is 93.4 cm³/mol. The van der Waals surface area contributed by atoms with Gasteiger partial charge in [0.1, 0.15) is 10.7 Å². The average molecular weight is 395 g/mol. The topological polar surface area (TPSA) is 152 Å². The number of rotatable bonds is 5. The fourth-order valence-corrected chi connectivity index (χ4v) is 3.99. The number of anilines is 1. The molecule has 0 spiro atoms. The van der Waals surface area contributed by atoms with Gasteiger partial charge in [0, 0.05) is 7.05 Å². The van der Waals surface area contributed by atoms with Gasteiger partial charge in [-0.1, -0.05) is 12.1 Å². The first kappa shape index (κ1) is 20.0. The summed E-state index contributed by atoms with van der Waals surface area (Å²) < 4.78 is 31.7. The lowest BCUT2D eigenvalue weighted by Gasteiger charge is -2.22. The Morgan fingerprint density at radius 3 is 2.41 bits per heavy atom. The molecule has 144 valence electrons. The summed E-state index contributed by atoms with van der Waals surface area (Å²) in [6.07, 6.45) is 0. The molecule has 0 unspecified atom stereocenters. The van der Waals surface area contributed by atoms with E-state index >= 15 is 0 Å². The molecule has 0 saturated heterocycles. The Kier molecular flexibility index (Phi) is 5.59. The average Bonchev–Trinajstić information content (AvgIpc) is 2.60. The summed E-state index contributed by atoms with van der Waals surface area (Å²) in [6.45, 7) is 2.87. The van der Waals surface area contributed by atoms with E-state index in [-0.39, 0.29) is 21.7 Å². The first-order valence-corrected chi connectivity index (χ1v) is 8.94. The van der Waals surface area contributed by atoms with Gasteiger partial charge in [0.25, 0.3) is 16.0 Å². The van der Waals surface area contributed by atoms with E-state index in [1.807, 2.05) is 0 Å². The van der Waals surface area contributed by atoms with Crippen LogP contribution in [0.3, 0.4) is 0 Å². The second-order valence-corrected chi connectivity index (χ2v) is 6.97. The highest BCUT2D eigenvalue weighted by atomic mass is 32.2. The highest BCUT2D eigenvalue weighted by Crippen LogP contribution is 2.27. The molecule has 2 aromatic rings. The fourth-order valence-electron chi connectivity index (χ4n) is 2.29. The smallest absolute Gasteiger partial charge is 0.338 e. The van der Waals surface area contributed by atoms with Gasteiger partial charge in [0.2, 0.25) is 0 Å². The molecule has 0 atom stereocenters. The molecule has 1 heterocycles. The molecular formula is C15H17N5O6S. The number of aryl methyl sites for hydroxylation is 2. The maximum absolute atomic E-state index is 13.3. The van der Waals surface area contributed by atoms with Crippen molar-refractivity contribution in [2.24, 2.45) is 0 Å². The van der Waals surface area contributed by atoms with Crippen LogP contribution in [0.15, 0.2) is 23.1 Å². The van der Waals surface area contributed by atoms with Crippen molar-refractivity contribution in [3.63, 3.8) is 0 Å². The maximum atomic E-state index is 13.3. The van der Waals surface area contributed by atoms with Crippen molar-refractivity contribution in [3.05, 3.63) is 35.2 Å². The standard InChI is InChI=1S/C15H17N5O6S/c1-8-6-5-7-10(12(21)22)11(8)27(24,25)20(15(23)16-3)13-17-9(2)18-14(19-13)26-4/h5-7H,1-4H3,(H,16,23)(H,21,22). The minimum Gasteiger partial charge on any atom is -0.478 e. The molecule has 2 amide bonds. The number of carbonyl (C=O) groups is 2. The first-order valence-electron chi connectivity index (χ1n) is 7.50. The number of aromatic nitrogens is 3. The number of carbonyl (C=O) groups excluding carboxylic acids is 1. The van der Waals surface area contributed by atoms with Crippen LogP contribution < -0.4 is 14.4 Å². The SMILES string of the molecule is CNC(=O)N(c1nc(C)nc(OC)n1)S(=O)(=O)c1c(C)cccc1C(=O)O. The summed E-state index contributed by atoms with van der Waals surface area (Å²) in [5.74, 6) is -1.89. The number of carboxylic acid groups (broad SMARTS) is 1. The zero-order chi connectivity index (χ0) is 20.4. The number of nitrogens with zero attached hydrogens (tertiary/aromatic N) is 4. The van der Waals surface area contributed by atoms with Gasteiger partial charge >= 0.3 is 18.0 Å². The van der Waals surface area contributed by atoms with E-state index in [9.17, 15) is 23.1 Å². The van der Waals surface area contributed by atoms with Gasteiger partial charge in [0.05, 0.1) is 12.7 Å². The number of urea groups is 1. The summed E-state index contributed by atoms with van der Waals surface area (Å²) in [7, 11) is -2.20. The van der Waals surface area contributed by atoms with Crippen LogP contribution in [-0.2, 0) is 10.0 Å². The number of hydrogen-bond donors (Lipinski definition) is 2. The zero-order valence-electron chi connectivity index (χ0n) is 14.9. The molecule has 0 saturated carbocycles. The Labute approximate surface area is 155 Å². The van der Waals surface area contributed by atoms with Crippen molar-refractivity contribution >= 4 is 28.0 Å². The number of ether oxygens (including phenoxy) is 1. The van der Waals surface area contributed by atoms with Gasteiger partial charge in [-0.25, -0.2) is 18.0 Å². The van der Waals surface area contributed by atoms with Crippen molar-refractivity contribution in [2.75, 3.05) is 18.5 Å². The number of aromatic carboxylic acids is 1. The van der Waals surface area contributed by atoms with E-state index in [0.717, 1.165) is 6.07 Å². The van der Waals surface area contributed by atoms with Crippen LogP contribution in [0, 0.1) is 13.8 Å². The quantitative estimate of drug-likeness (QED) is 0.746. The molecule has 2 rings (SSSR count). The molecule has 2 N–H and O–H groups in total. The first-order chi connectivity index (χ1) is 12.6. The number of benzene rings is 1. The predicted octanol–water partition coefficient (Wildman–Crippen LogP) is 0.730. The summed E-state index contributed by atoms with van der Waals surface area (Å²) in [6, 6.07) is 2.66. The Hall–Kier alpha value is -3.28. The van der Waals surface area contributed by atoms with Crippen LogP contribution in [0.25, 0.3) is 0 Å². The monoisotopic (exact) mass is 395 g/mol. The molecule has 0 aliphatic heterocycles. The van der Waals surface area contributed by atoms with Crippen LogP contribution in [0.5, 0.6) is 6.01 Å². The van der Waals surface area contributed by atoms with Gasteiger partial charge in [-0.2, -0.15) is 15.0 Å². The number of hydrogen-bond acceptors (Lipinski definition) is 8. The summed E-state index contributed by atoms with van der Waals surface area (Å²) in [5.41, 5.74) is -0.344. The van der Waals surface area contributed by atoms with Gasteiger partial charge in [-0.15, -0.1) is 4.31 Å². The number of carboxylic acids is 1. The van der Waals surface area contributed by atoms with Crippen LogP contribution in [0.1, 0.15) is 21.7 Å². The second-order valence-electron chi connectivity index (χ2n) is 5.25. The second kappa shape index (κ2) is 7.53. The largest absolute Gasteiger partial charge is 0.478 e. The number of nitrogens with one attached hydrogen (secondary N) is 1. The van der Waals surface area contributed by atoms with Gasteiger partial charge in [-0.05, 0) is 25.5 Å². The minimum absolute atomic E-state index is 0.101. The third-order valence-electron chi connectivity index (χ3n) is 3.42. The Bertz CT molecular complexity index is 1010. The molecule has 0 aliphatic rings. The van der Waals surface area contributed by atoms with Gasteiger partial charge in [-0.3, -0.25) is 0 Å². The van der Waals surface area contributed by atoms with E-state index in [0.29, 0.717) is 0 Å². The van der Waals surface area contributed by atoms with Crippen molar-refractivity contribution in [2.45, 2.75) is 18.7 Å². The third-order valence-corrected chi connectivity index (χ3v) is 5.29. The van der Waals surface area contributed by atoms with Gasteiger partial charge in [0.15, 0.2) is 0 Å². The van der Waals surface area contributed by atoms with Crippen LogP contribution in [0.4, 0.5) is 10.7 Å². The van der Waals surface area contributed by atoms with E-state index in [1.54, 1.807) is 0 Å². The minimum atomic E-state index is -4.68. The van der Waals surface area contributed by atoms with Crippen molar-refractivity contribution in [1.82, 2.24) is 20.3 Å². The lowest BCUT2D eigenvalue weighted by atomic mass is 10.1. The molecule has 0 aliphatic carbocycles. The third kappa shape index (κ3) is 3.79. The molecule has 1 aromatic carbocycles. The number of methoxy groups -OCH3 is 1. The Balaban J connectivity index is 2.81.